The highest BCUT2D eigenvalue weighted by atomic mass is 16.4. The molecule has 7 nitrogen and oxygen atoms in total. The summed E-state index contributed by atoms with van der Waals surface area (Å²) in [5.74, 6) is -4.06. The number of benzene rings is 1. The molecule has 0 fully saturated rings. The van der Waals surface area contributed by atoms with E-state index in [2.05, 4.69) is 0 Å². The number of phenolic OH excluding ortho intramolecular Hbond substituents is 4. The van der Waals surface area contributed by atoms with Crippen LogP contribution in [0.1, 0.15) is 5.56 Å². The summed E-state index contributed by atoms with van der Waals surface area (Å²) in [4.78, 5) is 10.5. The summed E-state index contributed by atoms with van der Waals surface area (Å²) in [6.45, 7) is 0. The molecule has 0 saturated heterocycles. The van der Waals surface area contributed by atoms with Crippen LogP contribution in [0.25, 0.3) is 0 Å². The first-order valence-corrected chi connectivity index (χ1v) is 4.28. The third-order valence-corrected chi connectivity index (χ3v) is 2.07. The first-order valence-electron chi connectivity index (χ1n) is 4.28. The van der Waals surface area contributed by atoms with E-state index in [1.807, 2.05) is 0 Å². The van der Waals surface area contributed by atoms with Crippen molar-refractivity contribution in [2.75, 3.05) is 0 Å². The standard InChI is InChI=1S/C9H11NO6/c10-4(9(15)16)1-3-7(13)5(11)2-6(12)8(3)14/h2,4,11-14H,1,10H2,(H,15,16). The summed E-state index contributed by atoms with van der Waals surface area (Å²) in [6.07, 6.45) is -0.422. The molecule has 0 aromatic heterocycles. The predicted octanol–water partition coefficient (Wildman–Crippen LogP) is -0.537. The lowest BCUT2D eigenvalue weighted by atomic mass is 10.0. The SMILES string of the molecule is NC(Cc1c(O)c(O)cc(O)c1O)C(=O)O. The summed E-state index contributed by atoms with van der Waals surface area (Å²) in [6, 6.07) is -0.626. The zero-order valence-electron chi connectivity index (χ0n) is 8.08. The Morgan fingerprint density at radius 2 is 1.62 bits per heavy atom. The third-order valence-electron chi connectivity index (χ3n) is 2.07. The van der Waals surface area contributed by atoms with Gasteiger partial charge in [0.05, 0.1) is 0 Å². The van der Waals surface area contributed by atoms with Crippen LogP contribution in [0.5, 0.6) is 23.0 Å². The average molecular weight is 229 g/mol. The van der Waals surface area contributed by atoms with Crippen LogP contribution < -0.4 is 5.73 Å². The van der Waals surface area contributed by atoms with E-state index in [0.29, 0.717) is 0 Å². The number of phenols is 4. The second-order valence-corrected chi connectivity index (χ2v) is 3.24. The van der Waals surface area contributed by atoms with Gasteiger partial charge in [0.1, 0.15) is 6.04 Å². The molecule has 7 N–H and O–H groups in total. The van der Waals surface area contributed by atoms with Crippen LogP contribution in [0.4, 0.5) is 0 Å². The largest absolute Gasteiger partial charge is 0.504 e. The van der Waals surface area contributed by atoms with Gasteiger partial charge < -0.3 is 31.3 Å². The smallest absolute Gasteiger partial charge is 0.320 e. The van der Waals surface area contributed by atoms with Crippen molar-refractivity contribution in [3.05, 3.63) is 11.6 Å². The molecule has 0 aliphatic heterocycles. The quantitative estimate of drug-likeness (QED) is 0.301. The molecule has 1 aromatic carbocycles. The Bertz CT molecular complexity index is 404. The average Bonchev–Trinajstić information content (AvgIpc) is 2.21. The number of hydrogen-bond acceptors (Lipinski definition) is 6. The van der Waals surface area contributed by atoms with Crippen molar-refractivity contribution in [3.8, 4) is 23.0 Å². The van der Waals surface area contributed by atoms with E-state index >= 15 is 0 Å². The number of rotatable bonds is 3. The number of aliphatic carboxylic acids is 1. The molecule has 0 aliphatic carbocycles. The van der Waals surface area contributed by atoms with Crippen LogP contribution >= 0.6 is 0 Å². The van der Waals surface area contributed by atoms with E-state index in [9.17, 15) is 15.0 Å². The topological polar surface area (TPSA) is 144 Å². The normalized spacial score (nSPS) is 12.3. The molecule has 1 aromatic rings. The van der Waals surface area contributed by atoms with Crippen molar-refractivity contribution >= 4 is 5.97 Å². The van der Waals surface area contributed by atoms with Gasteiger partial charge in [0.25, 0.3) is 0 Å². The molecule has 7 heteroatoms. The molecule has 1 unspecified atom stereocenters. The van der Waals surface area contributed by atoms with Crippen molar-refractivity contribution in [1.29, 1.82) is 0 Å². The zero-order chi connectivity index (χ0) is 12.5. The Hall–Kier alpha value is -2.15. The van der Waals surface area contributed by atoms with Crippen molar-refractivity contribution in [1.82, 2.24) is 0 Å². The number of carbonyl (C=O) groups is 1. The third kappa shape index (κ3) is 2.09. The van der Waals surface area contributed by atoms with Crippen molar-refractivity contribution in [2.24, 2.45) is 5.73 Å². The van der Waals surface area contributed by atoms with E-state index < -0.39 is 41.4 Å². The Morgan fingerprint density at radius 3 is 2.00 bits per heavy atom. The van der Waals surface area contributed by atoms with Crippen LogP contribution in [0, 0.1) is 0 Å². The first-order chi connectivity index (χ1) is 7.34. The number of carboxylic acids is 1. The Kier molecular flexibility index (Phi) is 3.09. The molecule has 0 radical (unpaired) electrons. The number of nitrogens with two attached hydrogens (primary N) is 1. The van der Waals surface area contributed by atoms with Gasteiger partial charge in [0, 0.05) is 18.1 Å². The molecule has 0 aliphatic rings. The molecule has 0 saturated carbocycles. The Labute approximate surface area is 90.0 Å². The molecule has 0 amide bonds. The molecular formula is C9H11NO6. The van der Waals surface area contributed by atoms with E-state index in [1.165, 1.54) is 0 Å². The summed E-state index contributed by atoms with van der Waals surface area (Å²) < 4.78 is 0. The van der Waals surface area contributed by atoms with Crippen molar-refractivity contribution in [3.63, 3.8) is 0 Å². The second kappa shape index (κ2) is 4.15. The molecule has 0 spiro atoms. The maximum atomic E-state index is 10.5. The van der Waals surface area contributed by atoms with Gasteiger partial charge in [-0.3, -0.25) is 4.79 Å². The van der Waals surface area contributed by atoms with Crippen LogP contribution in [0.2, 0.25) is 0 Å². The van der Waals surface area contributed by atoms with Gasteiger partial charge >= 0.3 is 5.97 Å². The molecule has 0 heterocycles. The van der Waals surface area contributed by atoms with Crippen LogP contribution in [0.15, 0.2) is 6.07 Å². The summed E-state index contributed by atoms with van der Waals surface area (Å²) in [5.41, 5.74) is 4.89. The monoisotopic (exact) mass is 229 g/mol. The molecule has 16 heavy (non-hydrogen) atoms. The van der Waals surface area contributed by atoms with Crippen LogP contribution in [-0.4, -0.2) is 37.5 Å². The minimum absolute atomic E-state index is 0.313. The van der Waals surface area contributed by atoms with Gasteiger partial charge in [-0.25, -0.2) is 0 Å². The fourth-order valence-corrected chi connectivity index (χ4v) is 1.19. The second-order valence-electron chi connectivity index (χ2n) is 3.24. The fraction of sp³-hybridized carbons (Fsp3) is 0.222. The number of hydrogen-bond donors (Lipinski definition) is 6. The summed E-state index contributed by atoms with van der Waals surface area (Å²) in [5, 5.41) is 45.6. The predicted molar refractivity (Wildman–Crippen MR) is 52.4 cm³/mol. The van der Waals surface area contributed by atoms with Crippen molar-refractivity contribution in [2.45, 2.75) is 12.5 Å². The van der Waals surface area contributed by atoms with Gasteiger partial charge in [-0.15, -0.1) is 0 Å². The van der Waals surface area contributed by atoms with Crippen LogP contribution in [-0.2, 0) is 11.2 Å². The highest BCUT2D eigenvalue weighted by Gasteiger charge is 2.21. The van der Waals surface area contributed by atoms with E-state index in [1.54, 1.807) is 0 Å². The Morgan fingerprint density at radius 1 is 1.19 bits per heavy atom. The van der Waals surface area contributed by atoms with E-state index in [4.69, 9.17) is 21.1 Å². The van der Waals surface area contributed by atoms with E-state index in [0.717, 1.165) is 6.07 Å². The lowest BCUT2D eigenvalue weighted by Gasteiger charge is -2.12. The van der Waals surface area contributed by atoms with Gasteiger partial charge in [0.15, 0.2) is 23.0 Å². The molecule has 1 rings (SSSR count). The maximum absolute atomic E-state index is 10.5. The minimum atomic E-state index is -1.36. The van der Waals surface area contributed by atoms with Gasteiger partial charge in [-0.05, 0) is 0 Å². The zero-order valence-corrected chi connectivity index (χ0v) is 8.08. The lowest BCUT2D eigenvalue weighted by Crippen LogP contribution is -2.32. The number of aromatic hydroxyl groups is 4. The van der Waals surface area contributed by atoms with Crippen LogP contribution in [0.3, 0.4) is 0 Å². The summed E-state index contributed by atoms with van der Waals surface area (Å²) >= 11 is 0. The van der Waals surface area contributed by atoms with Crippen molar-refractivity contribution < 1.29 is 30.3 Å². The molecule has 88 valence electrons. The highest BCUT2D eigenvalue weighted by Crippen LogP contribution is 2.42. The first kappa shape index (κ1) is 11.9. The maximum Gasteiger partial charge on any atom is 0.320 e. The highest BCUT2D eigenvalue weighted by molar-refractivity contribution is 5.74. The van der Waals surface area contributed by atoms with Gasteiger partial charge in [-0.1, -0.05) is 0 Å². The van der Waals surface area contributed by atoms with E-state index in [-0.39, 0.29) is 5.56 Å². The molecule has 0 bridgehead atoms. The fourth-order valence-electron chi connectivity index (χ4n) is 1.19. The molecule has 1 atom stereocenters. The minimum Gasteiger partial charge on any atom is -0.504 e. The lowest BCUT2D eigenvalue weighted by molar-refractivity contribution is -0.138. The number of carboxylic acid groups (broad SMARTS) is 1. The molecular weight excluding hydrogens is 218 g/mol. The Balaban J connectivity index is 3.17. The summed E-state index contributed by atoms with van der Waals surface area (Å²) in [7, 11) is 0. The van der Waals surface area contributed by atoms with Gasteiger partial charge in [-0.2, -0.15) is 0 Å². The van der Waals surface area contributed by atoms with Gasteiger partial charge in [0.2, 0.25) is 0 Å².